The Labute approximate surface area is 186 Å². The molecule has 2 aromatic carbocycles. The highest BCUT2D eigenvalue weighted by Gasteiger charge is 2.46. The number of para-hydroxylation sites is 1. The van der Waals surface area contributed by atoms with Gasteiger partial charge in [-0.25, -0.2) is 0 Å². The molecule has 0 aliphatic carbocycles. The van der Waals surface area contributed by atoms with Crippen molar-refractivity contribution in [3.05, 3.63) is 88.1 Å². The number of amides is 2. The number of rotatable bonds is 5. The number of nitrogens with one attached hydrogen (secondary N) is 2. The van der Waals surface area contributed by atoms with Crippen molar-refractivity contribution in [1.29, 1.82) is 0 Å². The average Bonchev–Trinajstić information content (AvgIpc) is 3.50. The Morgan fingerprint density at radius 2 is 1.84 bits per heavy atom. The number of anilines is 1. The zero-order valence-corrected chi connectivity index (χ0v) is 18.0. The molecule has 2 aliphatic heterocycles. The van der Waals surface area contributed by atoms with Crippen molar-refractivity contribution < 1.29 is 9.59 Å². The molecule has 2 amide bonds. The number of likely N-dealkylation sites (tertiary alicyclic amines) is 1. The van der Waals surface area contributed by atoms with Gasteiger partial charge in [0.05, 0.1) is 12.1 Å². The standard InChI is InChI=1S/C25H25N3O2S/c29-22(12-14-26-25(30)17-7-2-1-3-8-17)28-15-13-19-23(21-11-6-16-31-21)27-20-10-5-4-9-18(20)24(19)28/h1-11,16,19,23-24,27H,12-15H2,(H,26,30)/t19-,23-,24+/m0/s1. The third-order valence-corrected chi connectivity index (χ3v) is 7.25. The van der Waals surface area contributed by atoms with E-state index in [2.05, 4.69) is 40.3 Å². The predicted octanol–water partition coefficient (Wildman–Crippen LogP) is 4.62. The van der Waals surface area contributed by atoms with Gasteiger partial charge >= 0.3 is 0 Å². The Kier molecular flexibility index (Phi) is 5.47. The van der Waals surface area contributed by atoms with E-state index in [-0.39, 0.29) is 23.9 Å². The van der Waals surface area contributed by atoms with Gasteiger partial charge in [-0.05, 0) is 41.6 Å². The van der Waals surface area contributed by atoms with Gasteiger partial charge in [0.25, 0.3) is 5.91 Å². The molecule has 3 aromatic rings. The number of hydrogen-bond acceptors (Lipinski definition) is 4. The molecule has 3 atom stereocenters. The van der Waals surface area contributed by atoms with Crippen LogP contribution in [0.2, 0.25) is 0 Å². The highest BCUT2D eigenvalue weighted by molar-refractivity contribution is 7.10. The maximum Gasteiger partial charge on any atom is 0.251 e. The lowest BCUT2D eigenvalue weighted by atomic mass is 9.82. The minimum absolute atomic E-state index is 0.0712. The Balaban J connectivity index is 1.30. The van der Waals surface area contributed by atoms with Crippen LogP contribution in [-0.2, 0) is 4.79 Å². The molecule has 1 aromatic heterocycles. The molecular formula is C25H25N3O2S. The van der Waals surface area contributed by atoms with Crippen molar-refractivity contribution in [1.82, 2.24) is 10.2 Å². The van der Waals surface area contributed by atoms with Crippen LogP contribution < -0.4 is 10.6 Å². The third-order valence-electron chi connectivity index (χ3n) is 6.29. The molecule has 0 saturated carbocycles. The van der Waals surface area contributed by atoms with Gasteiger partial charge in [0.15, 0.2) is 0 Å². The topological polar surface area (TPSA) is 61.4 Å². The molecule has 2 aliphatic rings. The quantitative estimate of drug-likeness (QED) is 0.619. The van der Waals surface area contributed by atoms with Crippen molar-refractivity contribution in [3.63, 3.8) is 0 Å². The number of carbonyl (C=O) groups is 2. The molecule has 5 rings (SSSR count). The number of benzene rings is 2. The fourth-order valence-corrected chi connectivity index (χ4v) is 5.72. The smallest absolute Gasteiger partial charge is 0.251 e. The Morgan fingerprint density at radius 1 is 1.03 bits per heavy atom. The van der Waals surface area contributed by atoms with E-state index in [1.54, 1.807) is 23.5 Å². The molecule has 5 nitrogen and oxygen atoms in total. The second kappa shape index (κ2) is 8.55. The van der Waals surface area contributed by atoms with E-state index in [1.807, 2.05) is 35.2 Å². The van der Waals surface area contributed by atoms with E-state index >= 15 is 0 Å². The number of carbonyl (C=O) groups excluding carboxylic acids is 2. The zero-order valence-electron chi connectivity index (χ0n) is 17.2. The SMILES string of the molecule is O=C(NCCC(=O)N1CC[C@H]2[C@@H](c3cccs3)Nc3ccccc3[C@H]21)c1ccccc1. The highest BCUT2D eigenvalue weighted by Crippen LogP contribution is 2.51. The molecule has 0 bridgehead atoms. The molecule has 2 N–H and O–H groups in total. The first-order valence-corrected chi connectivity index (χ1v) is 11.6. The summed E-state index contributed by atoms with van der Waals surface area (Å²) in [5, 5.41) is 8.71. The Bertz CT molecular complexity index is 1070. The van der Waals surface area contributed by atoms with Crippen molar-refractivity contribution in [2.75, 3.05) is 18.4 Å². The molecule has 3 heterocycles. The van der Waals surface area contributed by atoms with Crippen LogP contribution in [0.3, 0.4) is 0 Å². The monoisotopic (exact) mass is 431 g/mol. The molecule has 6 heteroatoms. The Morgan fingerprint density at radius 3 is 2.65 bits per heavy atom. The summed E-state index contributed by atoms with van der Waals surface area (Å²) >= 11 is 1.76. The lowest BCUT2D eigenvalue weighted by Crippen LogP contribution is -2.38. The van der Waals surface area contributed by atoms with Crippen LogP contribution in [0.5, 0.6) is 0 Å². The molecular weight excluding hydrogens is 406 g/mol. The van der Waals surface area contributed by atoms with E-state index in [0.29, 0.717) is 24.4 Å². The summed E-state index contributed by atoms with van der Waals surface area (Å²) in [6.07, 6.45) is 1.28. The molecule has 0 spiro atoms. The summed E-state index contributed by atoms with van der Waals surface area (Å²) in [6.45, 7) is 1.09. The van der Waals surface area contributed by atoms with Gasteiger partial charge in [0, 0.05) is 41.6 Å². The predicted molar refractivity (Wildman–Crippen MR) is 123 cm³/mol. The second-order valence-electron chi connectivity index (χ2n) is 8.08. The van der Waals surface area contributed by atoms with E-state index in [4.69, 9.17) is 0 Å². The minimum Gasteiger partial charge on any atom is -0.377 e. The average molecular weight is 432 g/mol. The lowest BCUT2D eigenvalue weighted by Gasteiger charge is -2.39. The van der Waals surface area contributed by atoms with Gasteiger partial charge in [0.1, 0.15) is 0 Å². The van der Waals surface area contributed by atoms with Gasteiger partial charge in [-0.1, -0.05) is 42.5 Å². The minimum atomic E-state index is -0.141. The van der Waals surface area contributed by atoms with E-state index < -0.39 is 0 Å². The number of thiophene rings is 1. The van der Waals surface area contributed by atoms with E-state index in [0.717, 1.165) is 18.7 Å². The van der Waals surface area contributed by atoms with Gasteiger partial charge in [-0.3, -0.25) is 9.59 Å². The van der Waals surface area contributed by atoms with Gasteiger partial charge in [-0.15, -0.1) is 11.3 Å². The van der Waals surface area contributed by atoms with Gasteiger partial charge in [-0.2, -0.15) is 0 Å². The fourth-order valence-electron chi connectivity index (χ4n) is 4.87. The first-order chi connectivity index (χ1) is 15.2. The van der Waals surface area contributed by atoms with Gasteiger partial charge in [0.2, 0.25) is 5.91 Å². The summed E-state index contributed by atoms with van der Waals surface area (Å²) < 4.78 is 0. The van der Waals surface area contributed by atoms with E-state index in [9.17, 15) is 9.59 Å². The summed E-state index contributed by atoms with van der Waals surface area (Å²) in [4.78, 5) is 28.8. The Hall–Kier alpha value is -3.12. The second-order valence-corrected chi connectivity index (χ2v) is 9.06. The van der Waals surface area contributed by atoms with Crippen molar-refractivity contribution in [2.24, 2.45) is 5.92 Å². The van der Waals surface area contributed by atoms with Crippen LogP contribution in [0.1, 0.15) is 45.7 Å². The number of nitrogens with zero attached hydrogens (tertiary/aromatic N) is 1. The summed E-state index contributed by atoms with van der Waals surface area (Å²) in [5.41, 5.74) is 2.92. The van der Waals surface area contributed by atoms with Crippen LogP contribution in [-0.4, -0.2) is 29.8 Å². The summed E-state index contributed by atoms with van der Waals surface area (Å²) in [7, 11) is 0. The summed E-state index contributed by atoms with van der Waals surface area (Å²) in [6, 6.07) is 22.0. The summed E-state index contributed by atoms with van der Waals surface area (Å²) in [5.74, 6) is 0.302. The van der Waals surface area contributed by atoms with Crippen LogP contribution in [0.25, 0.3) is 0 Å². The number of hydrogen-bond donors (Lipinski definition) is 2. The molecule has 31 heavy (non-hydrogen) atoms. The van der Waals surface area contributed by atoms with Crippen LogP contribution in [0.4, 0.5) is 5.69 Å². The molecule has 1 saturated heterocycles. The maximum absolute atomic E-state index is 13.2. The third kappa shape index (κ3) is 3.83. The van der Waals surface area contributed by atoms with Gasteiger partial charge < -0.3 is 15.5 Å². The van der Waals surface area contributed by atoms with E-state index in [1.165, 1.54) is 10.4 Å². The largest absolute Gasteiger partial charge is 0.377 e. The van der Waals surface area contributed by atoms with Crippen LogP contribution >= 0.6 is 11.3 Å². The van der Waals surface area contributed by atoms with Crippen LogP contribution in [0.15, 0.2) is 72.1 Å². The highest BCUT2D eigenvalue weighted by atomic mass is 32.1. The number of fused-ring (bicyclic) bond motifs is 3. The fraction of sp³-hybridized carbons (Fsp3) is 0.280. The lowest BCUT2D eigenvalue weighted by molar-refractivity contribution is -0.132. The molecule has 158 valence electrons. The molecule has 1 fully saturated rings. The maximum atomic E-state index is 13.2. The molecule has 0 unspecified atom stereocenters. The molecule has 0 radical (unpaired) electrons. The zero-order chi connectivity index (χ0) is 21.2. The first-order valence-electron chi connectivity index (χ1n) is 10.7. The normalized spacial score (nSPS) is 21.7. The van der Waals surface area contributed by atoms with Crippen molar-refractivity contribution in [2.45, 2.75) is 24.9 Å². The van der Waals surface area contributed by atoms with Crippen molar-refractivity contribution in [3.8, 4) is 0 Å². The van der Waals surface area contributed by atoms with Crippen molar-refractivity contribution >= 4 is 28.8 Å². The van der Waals surface area contributed by atoms with Crippen LogP contribution in [0, 0.1) is 5.92 Å². The first kappa shape index (κ1) is 19.8.